The number of nitrogens with one attached hydrogen (secondary N) is 2. The van der Waals surface area contributed by atoms with Crippen LogP contribution in [-0.4, -0.2) is 29.7 Å². The van der Waals surface area contributed by atoms with Crippen LogP contribution in [0, 0.1) is 0 Å². The Balaban J connectivity index is 2.11. The second kappa shape index (κ2) is 8.71. The van der Waals surface area contributed by atoms with Gasteiger partial charge in [-0.2, -0.15) is 4.98 Å². The molecular formula is C17H22N4O3. The van der Waals surface area contributed by atoms with Gasteiger partial charge in [0.25, 0.3) is 0 Å². The van der Waals surface area contributed by atoms with Gasteiger partial charge in [-0.1, -0.05) is 25.1 Å². The molecule has 7 heteroatoms. The molecule has 1 unspecified atom stereocenters. The number of carbonyl (C=O) groups excluding carboxylic acids is 1. The summed E-state index contributed by atoms with van der Waals surface area (Å²) in [6.07, 6.45) is 3.57. The second-order valence-electron chi connectivity index (χ2n) is 4.98. The van der Waals surface area contributed by atoms with Crippen LogP contribution in [0.15, 0.2) is 36.8 Å². The lowest BCUT2D eigenvalue weighted by molar-refractivity contribution is 0.247. The minimum atomic E-state index is -0.360. The van der Waals surface area contributed by atoms with Gasteiger partial charge in [0.1, 0.15) is 17.8 Å². The van der Waals surface area contributed by atoms with Gasteiger partial charge in [-0.15, -0.1) is 0 Å². The van der Waals surface area contributed by atoms with Gasteiger partial charge < -0.3 is 20.1 Å². The van der Waals surface area contributed by atoms with E-state index in [1.807, 2.05) is 38.1 Å². The van der Waals surface area contributed by atoms with Gasteiger partial charge in [0, 0.05) is 5.56 Å². The average Bonchev–Trinajstić information content (AvgIpc) is 2.61. The molecule has 2 aromatic rings. The Bertz CT molecular complexity index is 678. The molecule has 2 rings (SSSR count). The zero-order valence-corrected chi connectivity index (χ0v) is 14.1. The number of urea groups is 1. The van der Waals surface area contributed by atoms with Crippen molar-refractivity contribution in [3.63, 3.8) is 0 Å². The van der Waals surface area contributed by atoms with E-state index in [0.29, 0.717) is 18.2 Å². The second-order valence-corrected chi connectivity index (χ2v) is 4.98. The third kappa shape index (κ3) is 4.34. The fourth-order valence-electron chi connectivity index (χ4n) is 2.34. The molecule has 1 heterocycles. The first-order chi connectivity index (χ1) is 11.7. The van der Waals surface area contributed by atoms with Crippen molar-refractivity contribution in [1.82, 2.24) is 15.3 Å². The first-order valence-electron chi connectivity index (χ1n) is 7.82. The standard InChI is InChI=1S/C17H22N4O3/c1-4-13(12-8-6-7-9-15(12)24-5-2)20-17(22)21-14-10-18-11-19-16(14)23-3/h6-11,13H,4-5H2,1-3H3,(H2,20,21,22). The number of rotatable bonds is 7. The number of carbonyl (C=O) groups is 1. The Morgan fingerprint density at radius 1 is 1.29 bits per heavy atom. The van der Waals surface area contributed by atoms with Crippen LogP contribution in [0.4, 0.5) is 10.5 Å². The summed E-state index contributed by atoms with van der Waals surface area (Å²) in [6.45, 7) is 4.50. The molecule has 0 saturated carbocycles. The summed E-state index contributed by atoms with van der Waals surface area (Å²) in [6, 6.07) is 7.15. The van der Waals surface area contributed by atoms with Crippen molar-refractivity contribution in [3.05, 3.63) is 42.4 Å². The van der Waals surface area contributed by atoms with Crippen molar-refractivity contribution >= 4 is 11.7 Å². The molecule has 0 aliphatic heterocycles. The van der Waals surface area contributed by atoms with Crippen LogP contribution < -0.4 is 20.1 Å². The van der Waals surface area contributed by atoms with Crippen molar-refractivity contribution in [1.29, 1.82) is 0 Å². The molecule has 0 fully saturated rings. The highest BCUT2D eigenvalue weighted by Gasteiger charge is 2.17. The van der Waals surface area contributed by atoms with E-state index in [4.69, 9.17) is 9.47 Å². The summed E-state index contributed by atoms with van der Waals surface area (Å²) in [7, 11) is 1.48. The molecule has 0 saturated heterocycles. The highest BCUT2D eigenvalue weighted by Crippen LogP contribution is 2.27. The average molecular weight is 330 g/mol. The molecule has 0 radical (unpaired) electrons. The van der Waals surface area contributed by atoms with Gasteiger partial charge in [-0.3, -0.25) is 0 Å². The highest BCUT2D eigenvalue weighted by molar-refractivity contribution is 5.90. The minimum absolute atomic E-state index is 0.177. The van der Waals surface area contributed by atoms with Crippen molar-refractivity contribution in [2.45, 2.75) is 26.3 Å². The number of nitrogens with zero attached hydrogens (tertiary/aromatic N) is 2. The Morgan fingerprint density at radius 2 is 2.08 bits per heavy atom. The molecule has 1 aromatic carbocycles. The summed E-state index contributed by atoms with van der Waals surface area (Å²) in [4.78, 5) is 20.2. The normalized spacial score (nSPS) is 11.5. The molecule has 128 valence electrons. The number of aromatic nitrogens is 2. The van der Waals surface area contributed by atoms with Crippen LogP contribution in [0.1, 0.15) is 31.9 Å². The van der Waals surface area contributed by atoms with Gasteiger partial charge in [-0.05, 0) is 19.4 Å². The first-order valence-corrected chi connectivity index (χ1v) is 7.82. The summed E-state index contributed by atoms with van der Waals surface area (Å²) in [5, 5.41) is 5.65. The van der Waals surface area contributed by atoms with Gasteiger partial charge in [0.2, 0.25) is 5.88 Å². The van der Waals surface area contributed by atoms with E-state index in [0.717, 1.165) is 17.7 Å². The number of benzene rings is 1. The van der Waals surface area contributed by atoms with Gasteiger partial charge in [0.05, 0.1) is 26.0 Å². The van der Waals surface area contributed by atoms with Crippen LogP contribution in [0.2, 0.25) is 0 Å². The highest BCUT2D eigenvalue weighted by atomic mass is 16.5. The number of methoxy groups -OCH3 is 1. The number of hydrogen-bond acceptors (Lipinski definition) is 5. The topological polar surface area (TPSA) is 85.4 Å². The lowest BCUT2D eigenvalue weighted by atomic mass is 10.0. The quantitative estimate of drug-likeness (QED) is 0.814. The monoisotopic (exact) mass is 330 g/mol. The Labute approximate surface area is 141 Å². The van der Waals surface area contributed by atoms with Gasteiger partial charge in [-0.25, -0.2) is 9.78 Å². The zero-order valence-electron chi connectivity index (χ0n) is 14.1. The lowest BCUT2D eigenvalue weighted by Gasteiger charge is -2.21. The Hall–Kier alpha value is -2.83. The smallest absolute Gasteiger partial charge is 0.319 e. The maximum Gasteiger partial charge on any atom is 0.319 e. The Kier molecular flexibility index (Phi) is 6.36. The van der Waals surface area contributed by atoms with Crippen molar-refractivity contribution in [2.75, 3.05) is 19.0 Å². The fraction of sp³-hybridized carbons (Fsp3) is 0.353. The number of anilines is 1. The number of para-hydroxylation sites is 1. The number of hydrogen-bond donors (Lipinski definition) is 2. The van der Waals surface area contributed by atoms with Gasteiger partial charge in [0.15, 0.2) is 0 Å². The van der Waals surface area contributed by atoms with E-state index in [2.05, 4.69) is 20.6 Å². The first kappa shape index (κ1) is 17.5. The molecule has 7 nitrogen and oxygen atoms in total. The van der Waals surface area contributed by atoms with E-state index in [1.54, 1.807) is 0 Å². The van der Waals surface area contributed by atoms with Gasteiger partial charge >= 0.3 is 6.03 Å². The van der Waals surface area contributed by atoms with Crippen molar-refractivity contribution < 1.29 is 14.3 Å². The summed E-state index contributed by atoms with van der Waals surface area (Å²) >= 11 is 0. The largest absolute Gasteiger partial charge is 0.494 e. The molecule has 0 aliphatic carbocycles. The molecule has 0 aliphatic rings. The Morgan fingerprint density at radius 3 is 2.79 bits per heavy atom. The molecule has 2 N–H and O–H groups in total. The van der Waals surface area contributed by atoms with Crippen molar-refractivity contribution in [3.8, 4) is 11.6 Å². The molecule has 2 amide bonds. The van der Waals surface area contributed by atoms with E-state index in [-0.39, 0.29) is 12.1 Å². The molecule has 1 atom stereocenters. The van der Waals surface area contributed by atoms with E-state index in [1.165, 1.54) is 19.6 Å². The summed E-state index contributed by atoms with van der Waals surface area (Å²) in [5.41, 5.74) is 1.35. The van der Waals surface area contributed by atoms with E-state index in [9.17, 15) is 4.79 Å². The third-order valence-corrected chi connectivity index (χ3v) is 3.43. The molecule has 1 aromatic heterocycles. The zero-order chi connectivity index (χ0) is 17.4. The SMILES string of the molecule is CCOc1ccccc1C(CC)NC(=O)Nc1cncnc1OC. The summed E-state index contributed by atoms with van der Waals surface area (Å²) < 4.78 is 10.7. The van der Waals surface area contributed by atoms with E-state index < -0.39 is 0 Å². The molecular weight excluding hydrogens is 308 g/mol. The van der Waals surface area contributed by atoms with Crippen LogP contribution >= 0.6 is 0 Å². The fourth-order valence-corrected chi connectivity index (χ4v) is 2.34. The maximum atomic E-state index is 12.3. The van der Waals surface area contributed by atoms with Crippen LogP contribution in [0.25, 0.3) is 0 Å². The van der Waals surface area contributed by atoms with Crippen LogP contribution in [0.3, 0.4) is 0 Å². The number of ether oxygens (including phenoxy) is 2. The van der Waals surface area contributed by atoms with Crippen LogP contribution in [0.5, 0.6) is 11.6 Å². The maximum absolute atomic E-state index is 12.3. The molecule has 0 bridgehead atoms. The predicted molar refractivity (Wildman–Crippen MR) is 91.4 cm³/mol. The lowest BCUT2D eigenvalue weighted by Crippen LogP contribution is -2.32. The van der Waals surface area contributed by atoms with Crippen LogP contribution in [-0.2, 0) is 0 Å². The molecule has 0 spiro atoms. The van der Waals surface area contributed by atoms with E-state index >= 15 is 0 Å². The molecule has 24 heavy (non-hydrogen) atoms. The van der Waals surface area contributed by atoms with Crippen molar-refractivity contribution in [2.24, 2.45) is 0 Å². The predicted octanol–water partition coefficient (Wildman–Crippen LogP) is 3.16. The third-order valence-electron chi connectivity index (χ3n) is 3.43. The number of amides is 2. The minimum Gasteiger partial charge on any atom is -0.494 e. The summed E-state index contributed by atoms with van der Waals surface area (Å²) in [5.74, 6) is 1.08.